The molecule has 1 aliphatic heterocycles. The minimum Gasteiger partial charge on any atom is -0.452 e. The highest BCUT2D eigenvalue weighted by atomic mass is 16.5. The molecule has 2 heterocycles. The monoisotopic (exact) mass is 374 g/mol. The molecule has 0 radical (unpaired) electrons. The highest BCUT2D eigenvalue weighted by molar-refractivity contribution is 6.08. The highest BCUT2D eigenvalue weighted by Crippen LogP contribution is 2.35. The molecule has 0 unspecified atom stereocenters. The maximum atomic E-state index is 12.6. The van der Waals surface area contributed by atoms with E-state index in [1.165, 1.54) is 12.3 Å². The van der Waals surface area contributed by atoms with E-state index >= 15 is 0 Å². The highest BCUT2D eigenvalue weighted by Gasteiger charge is 2.52. The molecule has 2 fully saturated rings. The van der Waals surface area contributed by atoms with Gasteiger partial charge in [0.25, 0.3) is 11.8 Å². The summed E-state index contributed by atoms with van der Waals surface area (Å²) in [7, 11) is 0. The maximum Gasteiger partial charge on any atom is 0.344 e. The number of ether oxygens (including phenoxy) is 1. The van der Waals surface area contributed by atoms with Crippen LogP contribution in [0.25, 0.3) is 0 Å². The van der Waals surface area contributed by atoms with Gasteiger partial charge in [-0.1, -0.05) is 6.92 Å². The molecule has 0 atom stereocenters. The van der Waals surface area contributed by atoms with E-state index in [0.29, 0.717) is 23.8 Å². The van der Waals surface area contributed by atoms with Gasteiger partial charge in [0.05, 0.1) is 5.56 Å². The Bertz CT molecular complexity index is 768. The number of hydrazine groups is 1. The summed E-state index contributed by atoms with van der Waals surface area (Å²) in [5, 5.41) is 3.38. The molecule has 9 heteroatoms. The summed E-state index contributed by atoms with van der Waals surface area (Å²) in [5.41, 5.74) is 2.23. The fraction of sp³-hybridized carbons (Fsp3) is 0.500. The quantitative estimate of drug-likeness (QED) is 0.601. The number of hydrogen-bond donors (Lipinski definition) is 2. The molecular formula is C18H22N4O5. The number of pyridine rings is 1. The van der Waals surface area contributed by atoms with Crippen LogP contribution in [0.4, 0.5) is 4.79 Å². The van der Waals surface area contributed by atoms with Crippen molar-refractivity contribution in [3.05, 3.63) is 29.6 Å². The van der Waals surface area contributed by atoms with E-state index in [1.54, 1.807) is 13.0 Å². The molecule has 1 aromatic rings. The Balaban J connectivity index is 1.54. The second-order valence-corrected chi connectivity index (χ2v) is 7.13. The Morgan fingerprint density at radius 3 is 2.67 bits per heavy atom. The van der Waals surface area contributed by atoms with Gasteiger partial charge in [-0.3, -0.25) is 20.0 Å². The van der Waals surface area contributed by atoms with Crippen LogP contribution >= 0.6 is 0 Å². The zero-order valence-electron chi connectivity index (χ0n) is 15.3. The third-order valence-electron chi connectivity index (χ3n) is 5.01. The molecular weight excluding hydrogens is 352 g/mol. The molecule has 9 nitrogen and oxygen atoms in total. The van der Waals surface area contributed by atoms with Crippen LogP contribution in [-0.2, 0) is 14.3 Å². The van der Waals surface area contributed by atoms with Gasteiger partial charge >= 0.3 is 12.0 Å². The van der Waals surface area contributed by atoms with E-state index in [2.05, 4.69) is 22.7 Å². The number of esters is 1. The summed E-state index contributed by atoms with van der Waals surface area (Å²) < 4.78 is 4.90. The molecule has 2 N–H and O–H groups in total. The first-order chi connectivity index (χ1) is 12.8. The van der Waals surface area contributed by atoms with Crippen LogP contribution in [0.15, 0.2) is 18.3 Å². The predicted octanol–water partition coefficient (Wildman–Crippen LogP) is 1.08. The lowest BCUT2D eigenvalue weighted by Gasteiger charge is -2.33. The Morgan fingerprint density at radius 2 is 2.04 bits per heavy atom. The first-order valence-electron chi connectivity index (χ1n) is 8.87. The smallest absolute Gasteiger partial charge is 0.344 e. The van der Waals surface area contributed by atoms with Gasteiger partial charge in [0, 0.05) is 11.9 Å². The lowest BCUT2D eigenvalue weighted by atomic mass is 9.77. The number of urea groups is 1. The van der Waals surface area contributed by atoms with Crippen LogP contribution in [-0.4, -0.2) is 46.0 Å². The van der Waals surface area contributed by atoms with Crippen LogP contribution < -0.4 is 10.7 Å². The minimum atomic E-state index is -0.943. The van der Waals surface area contributed by atoms with Gasteiger partial charge in [0.15, 0.2) is 6.61 Å². The Kier molecular flexibility index (Phi) is 5.11. The number of imide groups is 1. The molecule has 1 aliphatic carbocycles. The standard InChI is InChI=1S/C18H22N4O5/c1-11-5-7-18(8-6-11)16(25)22(17(26)20-18)21-14(23)10-27-15(24)13-4-3-12(2)19-9-13/h3-4,9,11H,5-8,10H2,1-2H3,(H,20,26)(H,21,23). The fourth-order valence-corrected chi connectivity index (χ4v) is 3.28. The number of carbonyl (C=O) groups is 4. The number of amides is 4. The van der Waals surface area contributed by atoms with Gasteiger partial charge in [0.2, 0.25) is 0 Å². The summed E-state index contributed by atoms with van der Waals surface area (Å²) in [5.74, 6) is -1.46. The first kappa shape index (κ1) is 18.8. The number of nitrogens with zero attached hydrogens (tertiary/aromatic N) is 2. The van der Waals surface area contributed by atoms with Crippen molar-refractivity contribution in [2.24, 2.45) is 5.92 Å². The zero-order chi connectivity index (χ0) is 19.6. The van der Waals surface area contributed by atoms with Crippen molar-refractivity contribution < 1.29 is 23.9 Å². The van der Waals surface area contributed by atoms with Crippen molar-refractivity contribution >= 4 is 23.8 Å². The molecule has 1 saturated carbocycles. The lowest BCUT2D eigenvalue weighted by Crippen LogP contribution is -2.52. The number of aromatic nitrogens is 1. The molecule has 2 aliphatic rings. The van der Waals surface area contributed by atoms with E-state index in [4.69, 9.17) is 4.74 Å². The summed E-state index contributed by atoms with van der Waals surface area (Å²) in [6, 6.07) is 2.51. The third kappa shape index (κ3) is 3.91. The van der Waals surface area contributed by atoms with E-state index in [1.807, 2.05) is 0 Å². The summed E-state index contributed by atoms with van der Waals surface area (Å²) in [6.07, 6.45) is 4.09. The first-order valence-corrected chi connectivity index (χ1v) is 8.87. The van der Waals surface area contributed by atoms with E-state index in [0.717, 1.165) is 18.5 Å². The van der Waals surface area contributed by atoms with Gasteiger partial charge in [-0.15, -0.1) is 0 Å². The van der Waals surface area contributed by atoms with Gasteiger partial charge in [-0.05, 0) is 50.7 Å². The van der Waals surface area contributed by atoms with Crippen LogP contribution in [0.1, 0.15) is 48.7 Å². The number of nitrogens with one attached hydrogen (secondary N) is 2. The van der Waals surface area contributed by atoms with Crippen molar-refractivity contribution in [2.75, 3.05) is 6.61 Å². The number of aryl methyl sites for hydroxylation is 1. The number of hydrogen-bond acceptors (Lipinski definition) is 6. The van der Waals surface area contributed by atoms with Crippen LogP contribution in [0.2, 0.25) is 0 Å². The zero-order valence-corrected chi connectivity index (χ0v) is 15.3. The molecule has 144 valence electrons. The van der Waals surface area contributed by atoms with Crippen molar-refractivity contribution in [3.8, 4) is 0 Å². The largest absolute Gasteiger partial charge is 0.452 e. The average Bonchev–Trinajstić information content (AvgIpc) is 2.87. The molecule has 4 amide bonds. The predicted molar refractivity (Wildman–Crippen MR) is 93.1 cm³/mol. The van der Waals surface area contributed by atoms with Gasteiger partial charge < -0.3 is 10.1 Å². The molecule has 3 rings (SSSR count). The maximum absolute atomic E-state index is 12.6. The van der Waals surface area contributed by atoms with E-state index < -0.39 is 36.0 Å². The van der Waals surface area contributed by atoms with Gasteiger partial charge in [-0.25, -0.2) is 9.59 Å². The van der Waals surface area contributed by atoms with Crippen LogP contribution in [0.3, 0.4) is 0 Å². The Hall–Kier alpha value is -2.97. The minimum absolute atomic E-state index is 0.207. The molecule has 1 saturated heterocycles. The molecule has 0 aromatic carbocycles. The van der Waals surface area contributed by atoms with Crippen LogP contribution in [0.5, 0.6) is 0 Å². The van der Waals surface area contributed by atoms with Crippen LogP contribution in [0, 0.1) is 12.8 Å². The summed E-state index contributed by atoms with van der Waals surface area (Å²) >= 11 is 0. The number of rotatable bonds is 4. The fourth-order valence-electron chi connectivity index (χ4n) is 3.28. The summed E-state index contributed by atoms with van der Waals surface area (Å²) in [6.45, 7) is 3.26. The summed E-state index contributed by atoms with van der Waals surface area (Å²) in [4.78, 5) is 52.7. The molecule has 0 bridgehead atoms. The van der Waals surface area contributed by atoms with E-state index in [9.17, 15) is 19.2 Å². The van der Waals surface area contributed by atoms with Crippen molar-refractivity contribution in [3.63, 3.8) is 0 Å². The Labute approximate surface area is 156 Å². The Morgan fingerprint density at radius 1 is 1.33 bits per heavy atom. The van der Waals surface area contributed by atoms with Crippen molar-refractivity contribution in [1.29, 1.82) is 0 Å². The molecule has 1 aromatic heterocycles. The van der Waals surface area contributed by atoms with Gasteiger partial charge in [0.1, 0.15) is 5.54 Å². The second kappa shape index (κ2) is 7.34. The molecule has 1 spiro atoms. The normalized spacial score (nSPS) is 24.7. The molecule has 27 heavy (non-hydrogen) atoms. The van der Waals surface area contributed by atoms with E-state index in [-0.39, 0.29) is 5.56 Å². The van der Waals surface area contributed by atoms with Gasteiger partial charge in [-0.2, -0.15) is 5.01 Å². The SMILES string of the molecule is Cc1ccc(C(=O)OCC(=O)NN2C(=O)NC3(CCC(C)CC3)C2=O)cn1. The third-order valence-corrected chi connectivity index (χ3v) is 5.01. The topological polar surface area (TPSA) is 118 Å². The second-order valence-electron chi connectivity index (χ2n) is 7.13. The number of carbonyl (C=O) groups excluding carboxylic acids is 4. The van der Waals surface area contributed by atoms with Crippen molar-refractivity contribution in [2.45, 2.75) is 45.1 Å². The lowest BCUT2D eigenvalue weighted by molar-refractivity contribution is -0.141. The average molecular weight is 374 g/mol. The van der Waals surface area contributed by atoms with Crippen molar-refractivity contribution in [1.82, 2.24) is 20.7 Å².